The number of carbonyl (C=O) groups is 2. The van der Waals surface area contributed by atoms with Gasteiger partial charge in [-0.2, -0.15) is 0 Å². The first-order chi connectivity index (χ1) is 21.9. The molecule has 0 aliphatic rings. The molecule has 14 heteroatoms. The van der Waals surface area contributed by atoms with Gasteiger partial charge in [-0.15, -0.1) is 0 Å². The van der Waals surface area contributed by atoms with Crippen LogP contribution in [-0.2, 0) is 9.59 Å². The molecule has 4 rings (SSSR count). The number of nitrogens with one attached hydrogen (secondary N) is 4. The van der Waals surface area contributed by atoms with Crippen LogP contribution in [0.2, 0.25) is 0 Å². The maximum absolute atomic E-state index is 14.8. The number of halogens is 3. The van der Waals surface area contributed by atoms with Gasteiger partial charge in [0.1, 0.15) is 11.4 Å². The summed E-state index contributed by atoms with van der Waals surface area (Å²) in [7, 11) is 9.48. The second kappa shape index (κ2) is 18.6. The van der Waals surface area contributed by atoms with Crippen molar-refractivity contribution in [2.24, 2.45) is 0 Å². The van der Waals surface area contributed by atoms with Gasteiger partial charge in [0.15, 0.2) is 12.1 Å². The first-order valence-electron chi connectivity index (χ1n) is 14.4. The lowest BCUT2D eigenvalue weighted by molar-refractivity contribution is -0.109. The topological polar surface area (TPSA) is 128 Å². The van der Waals surface area contributed by atoms with Crippen molar-refractivity contribution >= 4 is 58.2 Å². The molecule has 0 saturated heterocycles. The predicted molar refractivity (Wildman–Crippen MR) is 183 cm³/mol. The second-order valence-electron chi connectivity index (χ2n) is 10.6. The van der Waals surface area contributed by atoms with E-state index in [9.17, 15) is 13.6 Å². The van der Waals surface area contributed by atoms with Crippen molar-refractivity contribution in [2.45, 2.75) is 32.4 Å². The number of anilines is 4. The van der Waals surface area contributed by atoms with Crippen molar-refractivity contribution in [1.29, 1.82) is 0 Å². The van der Waals surface area contributed by atoms with Gasteiger partial charge in [-0.25, -0.2) is 18.7 Å². The number of aromatic amines is 1. The number of aromatic nitrogens is 3. The molecular formula is C32H43ClF2N8O3. The van der Waals surface area contributed by atoms with E-state index in [1.165, 1.54) is 0 Å². The minimum atomic E-state index is -1.82. The molecule has 2 aromatic heterocycles. The molecule has 46 heavy (non-hydrogen) atoms. The molecule has 250 valence electrons. The molecule has 0 aliphatic heterocycles. The number of fused-ring (bicyclic) bond motifs is 1. The fourth-order valence-electron chi connectivity index (χ4n) is 4.09. The molecule has 0 fully saturated rings. The number of likely N-dealkylation sites (N-methyl/N-ethyl adjacent to an activating group) is 2. The number of methoxy groups -OCH3 is 1. The summed E-state index contributed by atoms with van der Waals surface area (Å²) < 4.78 is 31.3. The smallest absolute Gasteiger partial charge is 0.228 e. The van der Waals surface area contributed by atoms with Crippen LogP contribution < -0.4 is 25.6 Å². The first-order valence-corrected chi connectivity index (χ1v) is 14.9. The number of amides is 1. The van der Waals surface area contributed by atoms with Gasteiger partial charge in [0, 0.05) is 60.5 Å². The van der Waals surface area contributed by atoms with E-state index in [0.29, 0.717) is 35.1 Å². The monoisotopic (exact) mass is 660 g/mol. The van der Waals surface area contributed by atoms with Crippen LogP contribution in [0.15, 0.2) is 42.7 Å². The van der Waals surface area contributed by atoms with Gasteiger partial charge < -0.3 is 35.5 Å². The first kappa shape index (κ1) is 37.9. The number of aldehydes is 1. The number of H-pyrrole nitrogens is 1. The average Bonchev–Trinajstić information content (AvgIpc) is 3.47. The highest BCUT2D eigenvalue weighted by atomic mass is 35.5. The third-order valence-corrected chi connectivity index (χ3v) is 6.85. The largest absolute Gasteiger partial charge is 0.494 e. The summed E-state index contributed by atoms with van der Waals surface area (Å²) in [5, 5.41) is 9.88. The third kappa shape index (κ3) is 10.6. The van der Waals surface area contributed by atoms with Crippen LogP contribution in [0, 0.1) is 12.7 Å². The number of nitrogens with zero attached hydrogens (tertiary/aromatic N) is 4. The van der Waals surface area contributed by atoms with Gasteiger partial charge in [0.2, 0.25) is 18.0 Å². The van der Waals surface area contributed by atoms with Crippen molar-refractivity contribution in [3.63, 3.8) is 0 Å². The van der Waals surface area contributed by atoms with Crippen molar-refractivity contribution in [1.82, 2.24) is 25.2 Å². The number of rotatable bonds is 12. The Morgan fingerprint density at radius 1 is 1.13 bits per heavy atom. The minimum absolute atomic E-state index is 0.0154. The predicted octanol–water partition coefficient (Wildman–Crippen LogP) is 5.72. The highest BCUT2D eigenvalue weighted by Crippen LogP contribution is 2.42. The summed E-state index contributed by atoms with van der Waals surface area (Å²) in [5.41, 5.74) is 2.62. The van der Waals surface area contributed by atoms with Gasteiger partial charge in [-0.05, 0) is 34.1 Å². The zero-order chi connectivity index (χ0) is 34.4. The number of hydrogen-bond acceptors (Lipinski definition) is 9. The van der Waals surface area contributed by atoms with Gasteiger partial charge in [-0.3, -0.25) is 9.59 Å². The van der Waals surface area contributed by atoms with Crippen LogP contribution >= 0.6 is 11.6 Å². The standard InChI is InChI=1S/C26H30FN7O2.C4H11N.C2H2ClFO/c1-16-23(30-15-35)21(34(4)11-10-33(2)3)12-22(36-5)24(16)31-26-29-14-19(27)25(32-26)18-13-28-20-9-7-6-8-17(18)20;1-4(2)5-3;3-2(4)1-5/h6-9,12-15,28H,10-11H2,1-5H3,(H,30,35)(H,29,31,32);4-5H,1-3H3;1-2H. The summed E-state index contributed by atoms with van der Waals surface area (Å²) in [6, 6.07) is 10.1. The van der Waals surface area contributed by atoms with E-state index in [1.807, 2.05) is 65.4 Å². The summed E-state index contributed by atoms with van der Waals surface area (Å²) in [6.07, 6.45) is 3.53. The van der Waals surface area contributed by atoms with Gasteiger partial charge in [-0.1, -0.05) is 43.6 Å². The zero-order valence-electron chi connectivity index (χ0n) is 27.4. The van der Waals surface area contributed by atoms with Crippen molar-refractivity contribution in [3.05, 3.63) is 54.1 Å². The van der Waals surface area contributed by atoms with Crippen LogP contribution in [0.1, 0.15) is 19.4 Å². The Labute approximate surface area is 273 Å². The maximum Gasteiger partial charge on any atom is 0.228 e. The molecule has 1 amide bonds. The number of ether oxygens (including phenoxy) is 1. The molecule has 1 atom stereocenters. The highest BCUT2D eigenvalue weighted by molar-refractivity contribution is 6.26. The van der Waals surface area contributed by atoms with E-state index >= 15 is 0 Å². The molecule has 0 radical (unpaired) electrons. The normalized spacial score (nSPS) is 11.2. The Morgan fingerprint density at radius 2 is 1.78 bits per heavy atom. The molecular weight excluding hydrogens is 618 g/mol. The zero-order valence-corrected chi connectivity index (χ0v) is 28.2. The molecule has 2 aromatic carbocycles. The SMILES string of the molecule is CNC(C)C.COc1cc(N(C)CCN(C)C)c(NC=O)c(C)c1Nc1ncc(F)c(-c2c[nH]c3ccccc23)n1.O=CC(F)Cl. The van der Waals surface area contributed by atoms with E-state index in [-0.39, 0.29) is 17.9 Å². The van der Waals surface area contributed by atoms with E-state index in [0.717, 1.165) is 41.4 Å². The minimum Gasteiger partial charge on any atom is -0.494 e. The Balaban J connectivity index is 0.000000642. The third-order valence-electron chi connectivity index (χ3n) is 6.74. The van der Waals surface area contributed by atoms with Crippen LogP contribution in [0.3, 0.4) is 0 Å². The summed E-state index contributed by atoms with van der Waals surface area (Å²) in [4.78, 5) is 36.4. The number of benzene rings is 2. The molecule has 0 bridgehead atoms. The molecule has 4 aromatic rings. The van der Waals surface area contributed by atoms with Gasteiger partial charge in [0.25, 0.3) is 0 Å². The molecule has 11 nitrogen and oxygen atoms in total. The Morgan fingerprint density at radius 3 is 2.35 bits per heavy atom. The fraction of sp³-hybridized carbons (Fsp3) is 0.375. The Kier molecular flexibility index (Phi) is 15.3. The van der Waals surface area contributed by atoms with E-state index in [4.69, 9.17) is 9.53 Å². The molecule has 4 N–H and O–H groups in total. The summed E-state index contributed by atoms with van der Waals surface area (Å²) in [5.74, 6) is 0.205. The number of para-hydroxylation sites is 1. The fourth-order valence-corrected chi connectivity index (χ4v) is 4.09. The lowest BCUT2D eigenvalue weighted by Gasteiger charge is -2.27. The Bertz CT molecular complexity index is 1570. The van der Waals surface area contributed by atoms with E-state index < -0.39 is 11.4 Å². The van der Waals surface area contributed by atoms with Crippen LogP contribution in [0.4, 0.5) is 31.8 Å². The lowest BCUT2D eigenvalue weighted by atomic mass is 10.1. The molecule has 1 unspecified atom stereocenters. The van der Waals surface area contributed by atoms with Crippen molar-refractivity contribution in [2.75, 3.05) is 63.9 Å². The summed E-state index contributed by atoms with van der Waals surface area (Å²) >= 11 is 4.43. The van der Waals surface area contributed by atoms with Crippen LogP contribution in [-0.4, -0.2) is 92.6 Å². The molecule has 0 aliphatic carbocycles. The molecule has 0 saturated carbocycles. The quantitative estimate of drug-likeness (QED) is 0.111. The average molecular weight is 661 g/mol. The van der Waals surface area contributed by atoms with Crippen LogP contribution in [0.5, 0.6) is 5.75 Å². The van der Waals surface area contributed by atoms with Gasteiger partial charge in [0.05, 0.1) is 30.4 Å². The Hall–Kier alpha value is -4.33. The van der Waals surface area contributed by atoms with Crippen molar-refractivity contribution < 1.29 is 23.1 Å². The number of carbonyl (C=O) groups excluding carboxylic acids is 2. The van der Waals surface area contributed by atoms with E-state index in [2.05, 4.69) is 66.2 Å². The highest BCUT2D eigenvalue weighted by Gasteiger charge is 2.21. The van der Waals surface area contributed by atoms with Crippen LogP contribution in [0.25, 0.3) is 22.2 Å². The molecule has 2 heterocycles. The molecule has 0 spiro atoms. The maximum atomic E-state index is 14.8. The number of hydrogen-bond donors (Lipinski definition) is 4. The van der Waals surface area contributed by atoms with Gasteiger partial charge >= 0.3 is 0 Å². The van der Waals surface area contributed by atoms with Crippen molar-refractivity contribution in [3.8, 4) is 17.0 Å². The number of alkyl halides is 2. The van der Waals surface area contributed by atoms with E-state index in [1.54, 1.807) is 13.3 Å². The lowest BCUT2D eigenvalue weighted by Crippen LogP contribution is -2.29. The second-order valence-corrected chi connectivity index (χ2v) is 11.1. The summed E-state index contributed by atoms with van der Waals surface area (Å²) in [6.45, 7) is 7.66.